The van der Waals surface area contributed by atoms with Crippen molar-refractivity contribution in [1.29, 1.82) is 0 Å². The Morgan fingerprint density at radius 3 is 2.06 bits per heavy atom. The molecule has 4 atom stereocenters. The van der Waals surface area contributed by atoms with Crippen molar-refractivity contribution < 1.29 is 34.8 Å². The number of carbonyl (C=O) groups excluding carboxylic acids is 2. The van der Waals surface area contributed by atoms with E-state index in [0.717, 1.165) is 0 Å². The summed E-state index contributed by atoms with van der Waals surface area (Å²) in [7, 11) is 0. The first kappa shape index (κ1) is 25.0. The van der Waals surface area contributed by atoms with Crippen molar-refractivity contribution in [2.45, 2.75) is 43.5 Å². The Labute approximate surface area is 195 Å². The lowest BCUT2D eigenvalue weighted by Crippen LogP contribution is -2.56. The fraction of sp³-hybridized carbons (Fsp3) is 0.348. The van der Waals surface area contributed by atoms with Crippen LogP contribution in [0.2, 0.25) is 0 Å². The molecule has 34 heavy (non-hydrogen) atoms. The first-order chi connectivity index (χ1) is 16.1. The van der Waals surface area contributed by atoms with Gasteiger partial charge >= 0.3 is 5.97 Å². The number of aliphatic carboxylic acids is 1. The maximum atomic E-state index is 12.9. The molecule has 2 amide bonds. The Balaban J connectivity index is 2.09. The van der Waals surface area contributed by atoms with Crippen molar-refractivity contribution >= 4 is 17.8 Å². The second-order valence-corrected chi connectivity index (χ2v) is 8.29. The number of carboxylic acids is 1. The Morgan fingerprint density at radius 1 is 0.971 bits per heavy atom. The van der Waals surface area contributed by atoms with E-state index < -0.39 is 42.0 Å². The molecule has 10 N–H and O–H groups in total. The Kier molecular flexibility index (Phi) is 7.72. The molecule has 11 nitrogen and oxygen atoms in total. The number of carboxylic acid groups (broad SMARTS) is 1. The average Bonchev–Trinajstić information content (AvgIpc) is 2.79. The Bertz CT molecular complexity index is 1090. The van der Waals surface area contributed by atoms with E-state index in [1.165, 1.54) is 12.1 Å². The molecule has 4 bridgehead atoms. The molecule has 1 heterocycles. The fourth-order valence-corrected chi connectivity index (χ4v) is 3.76. The molecule has 1 aliphatic rings. The first-order valence-electron chi connectivity index (χ1n) is 10.7. The van der Waals surface area contributed by atoms with E-state index in [2.05, 4.69) is 10.6 Å². The van der Waals surface area contributed by atoms with E-state index in [9.17, 15) is 34.8 Å². The second-order valence-electron chi connectivity index (χ2n) is 8.29. The SMILES string of the molecule is NCC(O)CC1NC(=O)C(N)Cc2cc(ccc2O)-c2ccc(O)c(c2)CC(C(=O)O)NC1=O. The number of fused-ring (bicyclic) bond motifs is 5. The number of nitrogens with one attached hydrogen (secondary N) is 2. The zero-order chi connectivity index (χ0) is 25.0. The van der Waals surface area contributed by atoms with E-state index in [1.807, 2.05) is 0 Å². The number of rotatable bonds is 4. The van der Waals surface area contributed by atoms with Crippen LogP contribution >= 0.6 is 0 Å². The third kappa shape index (κ3) is 5.81. The number of benzene rings is 2. The number of aliphatic hydroxyl groups excluding tert-OH is 1. The molecule has 0 radical (unpaired) electrons. The zero-order valence-electron chi connectivity index (χ0n) is 18.3. The summed E-state index contributed by atoms with van der Waals surface area (Å²) in [4.78, 5) is 37.5. The number of nitrogens with two attached hydrogens (primary N) is 2. The van der Waals surface area contributed by atoms with Gasteiger partial charge in [0.15, 0.2) is 0 Å². The van der Waals surface area contributed by atoms with Crippen LogP contribution in [0.25, 0.3) is 11.1 Å². The molecule has 0 saturated heterocycles. The predicted octanol–water partition coefficient (Wildman–Crippen LogP) is -1.05. The lowest BCUT2D eigenvalue weighted by Gasteiger charge is -2.24. The van der Waals surface area contributed by atoms with Crippen molar-refractivity contribution in [3.05, 3.63) is 47.5 Å². The fourth-order valence-electron chi connectivity index (χ4n) is 3.76. The molecule has 0 saturated carbocycles. The highest BCUT2D eigenvalue weighted by molar-refractivity contribution is 5.92. The predicted molar refractivity (Wildman–Crippen MR) is 122 cm³/mol. The van der Waals surface area contributed by atoms with Crippen LogP contribution in [0.1, 0.15) is 17.5 Å². The van der Waals surface area contributed by atoms with Crippen LogP contribution in [0.5, 0.6) is 11.5 Å². The van der Waals surface area contributed by atoms with Crippen LogP contribution in [0.4, 0.5) is 0 Å². The van der Waals surface area contributed by atoms with Crippen LogP contribution < -0.4 is 22.1 Å². The van der Waals surface area contributed by atoms with Gasteiger partial charge in [-0.05, 0) is 46.5 Å². The monoisotopic (exact) mass is 472 g/mol. The van der Waals surface area contributed by atoms with Crippen LogP contribution in [-0.4, -0.2) is 69.0 Å². The first-order valence-corrected chi connectivity index (χ1v) is 10.7. The number of aliphatic hydroxyl groups is 1. The summed E-state index contributed by atoms with van der Waals surface area (Å²) in [6.07, 6.45) is -1.71. The molecule has 0 aliphatic carbocycles. The summed E-state index contributed by atoms with van der Waals surface area (Å²) >= 11 is 0. The van der Waals surface area contributed by atoms with Gasteiger partial charge in [0.2, 0.25) is 11.8 Å². The Morgan fingerprint density at radius 2 is 1.53 bits per heavy atom. The van der Waals surface area contributed by atoms with Crippen LogP contribution in [0.3, 0.4) is 0 Å². The molecule has 0 fully saturated rings. The summed E-state index contributed by atoms with van der Waals surface area (Å²) in [6, 6.07) is 5.46. The number of amides is 2. The third-order valence-corrected chi connectivity index (χ3v) is 5.72. The minimum atomic E-state index is -1.43. The highest BCUT2D eigenvalue weighted by Crippen LogP contribution is 2.30. The summed E-state index contributed by atoms with van der Waals surface area (Å²) < 4.78 is 0. The lowest BCUT2D eigenvalue weighted by atomic mass is 9.95. The molecule has 1 aliphatic heterocycles. The number of carbonyl (C=O) groups is 3. The maximum absolute atomic E-state index is 12.9. The number of phenols is 2. The van der Waals surface area contributed by atoms with E-state index in [4.69, 9.17) is 11.5 Å². The van der Waals surface area contributed by atoms with Gasteiger partial charge < -0.3 is 42.5 Å². The van der Waals surface area contributed by atoms with Gasteiger partial charge in [-0.15, -0.1) is 0 Å². The molecular formula is C23H28N4O7. The van der Waals surface area contributed by atoms with Gasteiger partial charge in [0, 0.05) is 25.8 Å². The molecule has 2 aromatic rings. The molecule has 2 aromatic carbocycles. The summed E-state index contributed by atoms with van der Waals surface area (Å²) in [5.74, 6) is -3.16. The van der Waals surface area contributed by atoms with Gasteiger partial charge in [-0.2, -0.15) is 0 Å². The van der Waals surface area contributed by atoms with E-state index in [1.54, 1.807) is 24.3 Å². The Hall–Kier alpha value is -3.67. The van der Waals surface area contributed by atoms with E-state index in [0.29, 0.717) is 16.7 Å². The van der Waals surface area contributed by atoms with Crippen molar-refractivity contribution in [3.8, 4) is 22.6 Å². The topological polar surface area (TPSA) is 208 Å². The van der Waals surface area contributed by atoms with Gasteiger partial charge in [-0.1, -0.05) is 12.1 Å². The van der Waals surface area contributed by atoms with Gasteiger partial charge in [-0.3, -0.25) is 9.59 Å². The number of phenolic OH excluding ortho intramolecular Hbond substituents is 2. The van der Waals surface area contributed by atoms with Crippen LogP contribution in [-0.2, 0) is 27.2 Å². The van der Waals surface area contributed by atoms with Crippen molar-refractivity contribution in [2.24, 2.45) is 11.5 Å². The van der Waals surface area contributed by atoms with Crippen molar-refractivity contribution in [2.75, 3.05) is 6.54 Å². The molecule has 0 aromatic heterocycles. The quantitative estimate of drug-likeness (QED) is 0.273. The number of hydrogen-bond acceptors (Lipinski definition) is 8. The molecule has 3 rings (SSSR count). The third-order valence-electron chi connectivity index (χ3n) is 5.72. The smallest absolute Gasteiger partial charge is 0.326 e. The molecular weight excluding hydrogens is 444 g/mol. The minimum absolute atomic E-state index is 0.0536. The normalized spacial score (nSPS) is 22.0. The largest absolute Gasteiger partial charge is 0.508 e. The lowest BCUT2D eigenvalue weighted by molar-refractivity contribution is -0.142. The van der Waals surface area contributed by atoms with Gasteiger partial charge in [0.25, 0.3) is 0 Å². The van der Waals surface area contributed by atoms with E-state index in [-0.39, 0.29) is 42.9 Å². The standard InChI is InChI=1S/C23H28N4O7/c24-10-15(28)9-17-22(32)27-18(23(33)34)8-14-6-12(2-4-20(14)30)11-1-3-19(29)13(5-11)7-16(25)21(31)26-17/h1-6,15-18,28-30H,7-10,24-25H2,(H,26,31)(H,27,32)(H,33,34). The van der Waals surface area contributed by atoms with Gasteiger partial charge in [0.1, 0.15) is 23.6 Å². The average molecular weight is 472 g/mol. The van der Waals surface area contributed by atoms with Crippen LogP contribution in [0.15, 0.2) is 36.4 Å². The van der Waals surface area contributed by atoms with Crippen molar-refractivity contribution in [1.82, 2.24) is 10.6 Å². The second kappa shape index (κ2) is 10.5. The van der Waals surface area contributed by atoms with Crippen LogP contribution in [0, 0.1) is 0 Å². The number of aromatic hydroxyl groups is 2. The minimum Gasteiger partial charge on any atom is -0.508 e. The summed E-state index contributed by atoms with van der Waals surface area (Å²) in [6.45, 7) is -0.185. The van der Waals surface area contributed by atoms with Gasteiger partial charge in [0.05, 0.1) is 12.1 Å². The number of hydrogen-bond donors (Lipinski definition) is 8. The van der Waals surface area contributed by atoms with E-state index >= 15 is 0 Å². The zero-order valence-corrected chi connectivity index (χ0v) is 18.3. The molecule has 182 valence electrons. The summed E-state index contributed by atoms with van der Waals surface area (Å²) in [5, 5.41) is 45.0. The molecule has 4 unspecified atom stereocenters. The highest BCUT2D eigenvalue weighted by Gasteiger charge is 2.30. The highest BCUT2D eigenvalue weighted by atomic mass is 16.4. The van der Waals surface area contributed by atoms with Crippen molar-refractivity contribution in [3.63, 3.8) is 0 Å². The maximum Gasteiger partial charge on any atom is 0.326 e. The molecule has 11 heteroatoms. The molecule has 0 spiro atoms. The summed E-state index contributed by atoms with van der Waals surface area (Å²) in [5.41, 5.74) is 13.4. The van der Waals surface area contributed by atoms with Gasteiger partial charge in [-0.25, -0.2) is 4.79 Å².